The summed E-state index contributed by atoms with van der Waals surface area (Å²) >= 11 is 0. The second-order valence-electron chi connectivity index (χ2n) is 8.74. The maximum absolute atomic E-state index is 12.6. The third-order valence-electron chi connectivity index (χ3n) is 5.44. The molecule has 0 amide bonds. The van der Waals surface area contributed by atoms with Crippen LogP contribution in [-0.2, 0) is 32.8 Å². The molecule has 3 unspecified atom stereocenters. The second-order valence-corrected chi connectivity index (χ2v) is 16.0. The molecule has 0 aliphatic carbocycles. The number of aliphatic carboxylic acids is 2. The molecule has 210 valence electrons. The van der Waals surface area contributed by atoms with Crippen molar-refractivity contribution >= 4 is 40.5 Å². The first-order chi connectivity index (χ1) is 16.6. The van der Waals surface area contributed by atoms with Crippen LogP contribution in [-0.4, -0.2) is 141 Å². The molecule has 0 aromatic carbocycles. The highest BCUT2D eigenvalue weighted by Crippen LogP contribution is 2.44. The highest BCUT2D eigenvalue weighted by molar-refractivity contribution is 7.58. The van der Waals surface area contributed by atoms with E-state index in [1.807, 2.05) is 0 Å². The van der Waals surface area contributed by atoms with E-state index in [1.54, 1.807) is 14.7 Å². The number of hydrogen-bond donors (Lipinski definition) is 5. The summed E-state index contributed by atoms with van der Waals surface area (Å²) < 4.78 is 42.2. The van der Waals surface area contributed by atoms with E-state index in [4.69, 9.17) is 10.2 Å². The summed E-state index contributed by atoms with van der Waals surface area (Å²) in [6, 6.07) is 0. The fourth-order valence-corrected chi connectivity index (χ4v) is 8.16. The largest absolute Gasteiger partial charge is 0.481 e. The lowest BCUT2D eigenvalue weighted by molar-refractivity contribution is -0.137. The van der Waals surface area contributed by atoms with Crippen molar-refractivity contribution in [3.05, 3.63) is 0 Å². The molecule has 15 nitrogen and oxygen atoms in total. The SMILES string of the molecule is O=COCCP(=O)(O)CN1CCN(CP(=O)(O)CCC(=O)O)CCN(CP(=O)(O)CCC(=O)O)CC1. The summed E-state index contributed by atoms with van der Waals surface area (Å²) in [6.07, 6.45) is -2.96. The molecule has 1 heterocycles. The molecule has 36 heavy (non-hydrogen) atoms. The minimum atomic E-state index is -3.84. The van der Waals surface area contributed by atoms with Crippen molar-refractivity contribution in [2.24, 2.45) is 0 Å². The predicted octanol–water partition coefficient (Wildman–Crippen LogP) is -0.288. The molecule has 1 saturated heterocycles. The number of carboxylic acid groups (broad SMARTS) is 2. The van der Waals surface area contributed by atoms with Gasteiger partial charge in [-0.15, -0.1) is 0 Å². The van der Waals surface area contributed by atoms with Crippen molar-refractivity contribution in [2.75, 3.05) is 83.2 Å². The summed E-state index contributed by atoms with van der Waals surface area (Å²) in [6.45, 7) is 1.22. The Bertz CT molecular complexity index is 837. The molecule has 0 bridgehead atoms. The van der Waals surface area contributed by atoms with Gasteiger partial charge in [-0.05, 0) is 0 Å². The van der Waals surface area contributed by atoms with Crippen LogP contribution >= 0.6 is 22.1 Å². The van der Waals surface area contributed by atoms with Gasteiger partial charge in [-0.2, -0.15) is 0 Å². The molecular formula is C18H36N3O12P3. The molecule has 1 fully saturated rings. The Morgan fingerprint density at radius 2 is 0.972 bits per heavy atom. The zero-order valence-corrected chi connectivity index (χ0v) is 22.6. The summed E-state index contributed by atoms with van der Waals surface area (Å²) in [5.74, 6) is -2.41. The van der Waals surface area contributed by atoms with Gasteiger partial charge in [0.15, 0.2) is 0 Å². The smallest absolute Gasteiger partial charge is 0.303 e. The van der Waals surface area contributed by atoms with Crippen LogP contribution in [0, 0.1) is 0 Å². The van der Waals surface area contributed by atoms with Crippen molar-refractivity contribution in [1.82, 2.24) is 14.7 Å². The van der Waals surface area contributed by atoms with E-state index in [0.29, 0.717) is 0 Å². The molecule has 0 aromatic rings. The lowest BCUT2D eigenvalue weighted by Gasteiger charge is -2.28. The Morgan fingerprint density at radius 1 is 0.667 bits per heavy atom. The van der Waals surface area contributed by atoms with E-state index < -0.39 is 59.2 Å². The van der Waals surface area contributed by atoms with Crippen LogP contribution in [0.1, 0.15) is 12.8 Å². The number of rotatable bonds is 16. The average molecular weight is 579 g/mol. The lowest BCUT2D eigenvalue weighted by Crippen LogP contribution is -2.37. The van der Waals surface area contributed by atoms with Crippen LogP contribution in [0.2, 0.25) is 0 Å². The van der Waals surface area contributed by atoms with Gasteiger partial charge in [0.1, 0.15) is 6.61 Å². The molecule has 5 N–H and O–H groups in total. The molecule has 0 spiro atoms. The van der Waals surface area contributed by atoms with Crippen LogP contribution in [0.3, 0.4) is 0 Å². The van der Waals surface area contributed by atoms with Gasteiger partial charge in [-0.25, -0.2) is 0 Å². The van der Waals surface area contributed by atoms with E-state index in [0.717, 1.165) is 0 Å². The molecular weight excluding hydrogens is 543 g/mol. The topological polar surface area (TPSA) is 223 Å². The third kappa shape index (κ3) is 15.2. The quantitative estimate of drug-likeness (QED) is 0.0900. The van der Waals surface area contributed by atoms with Crippen LogP contribution < -0.4 is 0 Å². The Morgan fingerprint density at radius 3 is 1.25 bits per heavy atom. The number of carbonyl (C=O) groups excluding carboxylic acids is 1. The van der Waals surface area contributed by atoms with Crippen LogP contribution in [0.25, 0.3) is 0 Å². The van der Waals surface area contributed by atoms with Crippen molar-refractivity contribution in [3.8, 4) is 0 Å². The number of carboxylic acids is 2. The molecule has 1 rings (SSSR count). The number of hydrogen-bond acceptors (Lipinski definition) is 10. The molecule has 1 aliphatic heterocycles. The standard InChI is InChI=1S/C18H36N3O12P3/c22-16-33-9-12-36(31,32)15-21-7-5-19(13-34(27,28)10-1-17(23)24)3-4-20(6-8-21)14-35(29,30)11-2-18(25)26/h16H,1-15H2,(H,23,24)(H,25,26)(H,27,28)(H,29,30)(H,31,32). The molecule has 0 aromatic heterocycles. The van der Waals surface area contributed by atoms with Gasteiger partial charge < -0.3 is 29.6 Å². The summed E-state index contributed by atoms with van der Waals surface area (Å²) in [5, 5.41) is 17.6. The van der Waals surface area contributed by atoms with Gasteiger partial charge in [-0.1, -0.05) is 0 Å². The molecule has 0 saturated carbocycles. The second kappa shape index (κ2) is 15.3. The Hall–Kier alpha value is -1.14. The molecule has 3 atom stereocenters. The maximum Gasteiger partial charge on any atom is 0.303 e. The van der Waals surface area contributed by atoms with Crippen LogP contribution in [0.5, 0.6) is 0 Å². The fourth-order valence-electron chi connectivity index (χ4n) is 3.54. The zero-order valence-electron chi connectivity index (χ0n) is 20.0. The first kappa shape index (κ1) is 32.9. The van der Waals surface area contributed by atoms with Crippen LogP contribution in [0.15, 0.2) is 0 Å². The third-order valence-corrected chi connectivity index (χ3v) is 10.7. The normalized spacial score (nSPS) is 21.6. The first-order valence-corrected chi connectivity index (χ1v) is 17.3. The minimum absolute atomic E-state index is 0.172. The monoisotopic (exact) mass is 579 g/mol. The predicted molar refractivity (Wildman–Crippen MR) is 130 cm³/mol. The van der Waals surface area contributed by atoms with E-state index >= 15 is 0 Å². The van der Waals surface area contributed by atoms with Crippen molar-refractivity contribution in [1.29, 1.82) is 0 Å². The number of nitrogens with zero attached hydrogens (tertiary/aromatic N) is 3. The van der Waals surface area contributed by atoms with Gasteiger partial charge in [0, 0.05) is 51.6 Å². The summed E-state index contributed by atoms with van der Waals surface area (Å²) in [5.41, 5.74) is 0. The average Bonchev–Trinajstić information content (AvgIpc) is 2.83. The van der Waals surface area contributed by atoms with E-state index in [1.165, 1.54) is 0 Å². The minimum Gasteiger partial charge on any atom is -0.481 e. The Kier molecular flexibility index (Phi) is 14.0. The highest BCUT2D eigenvalue weighted by Gasteiger charge is 2.30. The summed E-state index contributed by atoms with van der Waals surface area (Å²) in [7, 11) is -11.4. The fraction of sp³-hybridized carbons (Fsp3) is 0.833. The molecule has 0 radical (unpaired) electrons. The van der Waals surface area contributed by atoms with Crippen LogP contribution in [0.4, 0.5) is 0 Å². The Balaban J connectivity index is 2.98. The van der Waals surface area contributed by atoms with E-state index in [-0.39, 0.29) is 77.4 Å². The van der Waals surface area contributed by atoms with Crippen molar-refractivity contribution in [3.63, 3.8) is 0 Å². The van der Waals surface area contributed by atoms with Gasteiger partial charge >= 0.3 is 11.9 Å². The van der Waals surface area contributed by atoms with Crippen molar-refractivity contribution in [2.45, 2.75) is 12.8 Å². The van der Waals surface area contributed by atoms with Gasteiger partial charge in [-0.3, -0.25) is 42.8 Å². The van der Waals surface area contributed by atoms with Gasteiger partial charge in [0.2, 0.25) is 22.1 Å². The zero-order chi connectivity index (χ0) is 27.4. The first-order valence-electron chi connectivity index (χ1n) is 11.2. The molecule has 1 aliphatic rings. The van der Waals surface area contributed by atoms with Crippen molar-refractivity contribution < 1.29 is 57.7 Å². The molecule has 18 heteroatoms. The van der Waals surface area contributed by atoms with E-state index in [9.17, 15) is 42.8 Å². The van der Waals surface area contributed by atoms with E-state index in [2.05, 4.69) is 4.74 Å². The maximum atomic E-state index is 12.6. The summed E-state index contributed by atoms with van der Waals surface area (Å²) in [4.78, 5) is 67.5. The highest BCUT2D eigenvalue weighted by atomic mass is 31.2. The van der Waals surface area contributed by atoms with Gasteiger partial charge in [0.05, 0.1) is 37.9 Å². The number of carbonyl (C=O) groups is 3. The lowest BCUT2D eigenvalue weighted by atomic mass is 10.5. The van der Waals surface area contributed by atoms with Gasteiger partial charge in [0.25, 0.3) is 6.47 Å². The Labute approximate surface area is 209 Å². The number of ether oxygens (including phenoxy) is 1.